The molecule has 0 radical (unpaired) electrons. The minimum absolute atomic E-state index is 0.00456. The van der Waals surface area contributed by atoms with Gasteiger partial charge in [0.2, 0.25) is 11.8 Å². The van der Waals surface area contributed by atoms with Gasteiger partial charge in [-0.15, -0.1) is 0 Å². The predicted molar refractivity (Wildman–Crippen MR) is 107 cm³/mol. The summed E-state index contributed by atoms with van der Waals surface area (Å²) in [6, 6.07) is 6.10. The molecular formula is C19H29N5O4. The lowest BCUT2D eigenvalue weighted by Gasteiger charge is -2.25. The number of carbonyl (C=O) groups is 2. The summed E-state index contributed by atoms with van der Waals surface area (Å²) in [7, 11) is 0. The van der Waals surface area contributed by atoms with Crippen molar-refractivity contribution >= 4 is 23.2 Å². The molecule has 0 spiro atoms. The molecule has 0 aromatic heterocycles. The standard InChI is InChI=1S/C19H29N5O4/c1-19(2,3)21-18(26)14-23-10-6-9-22(11-12-23)13-17(25)20-15-7-4-5-8-16(15)24(27)28/h4-5,7-8H,6,9-14H2,1-3H3,(H,20,25)(H,21,26). The molecule has 1 aromatic carbocycles. The Morgan fingerprint density at radius 1 is 1.04 bits per heavy atom. The van der Waals surface area contributed by atoms with E-state index < -0.39 is 4.92 Å². The second-order valence-corrected chi connectivity index (χ2v) is 8.03. The summed E-state index contributed by atoms with van der Waals surface area (Å²) >= 11 is 0. The fourth-order valence-electron chi connectivity index (χ4n) is 3.13. The molecule has 0 saturated carbocycles. The van der Waals surface area contributed by atoms with Gasteiger partial charge in [0.25, 0.3) is 5.69 Å². The smallest absolute Gasteiger partial charge is 0.292 e. The molecule has 0 aliphatic carbocycles. The maximum absolute atomic E-state index is 12.3. The van der Waals surface area contributed by atoms with Gasteiger partial charge in [0.1, 0.15) is 5.69 Å². The third-order valence-electron chi connectivity index (χ3n) is 4.30. The molecule has 9 nitrogen and oxygen atoms in total. The SMILES string of the molecule is CC(C)(C)NC(=O)CN1CCCN(CC(=O)Nc2ccccc2[N+](=O)[O-])CC1. The first kappa shape index (κ1) is 21.8. The maximum Gasteiger partial charge on any atom is 0.292 e. The first-order valence-corrected chi connectivity index (χ1v) is 9.43. The summed E-state index contributed by atoms with van der Waals surface area (Å²) in [5.74, 6) is -0.289. The molecule has 28 heavy (non-hydrogen) atoms. The summed E-state index contributed by atoms with van der Waals surface area (Å²) in [4.78, 5) is 39.1. The zero-order chi connectivity index (χ0) is 20.7. The minimum atomic E-state index is -0.512. The average molecular weight is 391 g/mol. The van der Waals surface area contributed by atoms with Gasteiger partial charge in [-0.2, -0.15) is 0 Å². The van der Waals surface area contributed by atoms with E-state index in [9.17, 15) is 19.7 Å². The molecule has 1 fully saturated rings. The Labute approximate surface area is 165 Å². The van der Waals surface area contributed by atoms with Crippen molar-refractivity contribution in [2.75, 3.05) is 44.6 Å². The number of nitrogens with zero attached hydrogens (tertiary/aromatic N) is 3. The highest BCUT2D eigenvalue weighted by Gasteiger charge is 2.21. The van der Waals surface area contributed by atoms with Gasteiger partial charge < -0.3 is 10.6 Å². The van der Waals surface area contributed by atoms with E-state index in [1.54, 1.807) is 12.1 Å². The second-order valence-electron chi connectivity index (χ2n) is 8.03. The number of anilines is 1. The third kappa shape index (κ3) is 7.24. The van der Waals surface area contributed by atoms with E-state index in [2.05, 4.69) is 15.5 Å². The molecule has 2 N–H and O–H groups in total. The zero-order valence-corrected chi connectivity index (χ0v) is 16.7. The van der Waals surface area contributed by atoms with Gasteiger partial charge in [0.05, 0.1) is 18.0 Å². The first-order chi connectivity index (χ1) is 13.1. The highest BCUT2D eigenvalue weighted by atomic mass is 16.6. The summed E-state index contributed by atoms with van der Waals surface area (Å²) < 4.78 is 0. The van der Waals surface area contributed by atoms with Gasteiger partial charge >= 0.3 is 0 Å². The van der Waals surface area contributed by atoms with E-state index in [-0.39, 0.29) is 35.3 Å². The number of rotatable bonds is 6. The van der Waals surface area contributed by atoms with Crippen molar-refractivity contribution < 1.29 is 14.5 Å². The molecule has 9 heteroatoms. The quantitative estimate of drug-likeness (QED) is 0.561. The van der Waals surface area contributed by atoms with Crippen molar-refractivity contribution in [3.05, 3.63) is 34.4 Å². The number of nitro benzene ring substituents is 1. The normalized spacial score (nSPS) is 16.2. The van der Waals surface area contributed by atoms with Crippen LogP contribution in [0.25, 0.3) is 0 Å². The fraction of sp³-hybridized carbons (Fsp3) is 0.579. The minimum Gasteiger partial charge on any atom is -0.350 e. The average Bonchev–Trinajstić information content (AvgIpc) is 2.78. The maximum atomic E-state index is 12.3. The van der Waals surface area contributed by atoms with Gasteiger partial charge in [-0.1, -0.05) is 12.1 Å². The molecule has 1 saturated heterocycles. The van der Waals surface area contributed by atoms with Crippen LogP contribution in [0.1, 0.15) is 27.2 Å². The van der Waals surface area contributed by atoms with Crippen molar-refractivity contribution in [3.63, 3.8) is 0 Å². The molecular weight excluding hydrogens is 362 g/mol. The fourth-order valence-corrected chi connectivity index (χ4v) is 3.13. The molecule has 1 aromatic rings. The predicted octanol–water partition coefficient (Wildman–Crippen LogP) is 1.46. The molecule has 2 amide bonds. The van der Waals surface area contributed by atoms with Gasteiger partial charge in [-0.05, 0) is 46.3 Å². The first-order valence-electron chi connectivity index (χ1n) is 9.43. The largest absolute Gasteiger partial charge is 0.350 e. The van der Waals surface area contributed by atoms with E-state index in [1.165, 1.54) is 12.1 Å². The zero-order valence-electron chi connectivity index (χ0n) is 16.7. The summed E-state index contributed by atoms with van der Waals surface area (Å²) in [6.07, 6.45) is 0.849. The number of nitrogens with one attached hydrogen (secondary N) is 2. The molecule has 2 rings (SSSR count). The number of benzene rings is 1. The van der Waals surface area contributed by atoms with Gasteiger partial charge in [0.15, 0.2) is 0 Å². The Morgan fingerprint density at radius 2 is 1.61 bits per heavy atom. The molecule has 1 heterocycles. The van der Waals surface area contributed by atoms with Crippen LogP contribution < -0.4 is 10.6 Å². The molecule has 0 atom stereocenters. The van der Waals surface area contributed by atoms with Crippen molar-refractivity contribution in [1.82, 2.24) is 15.1 Å². The summed E-state index contributed by atoms with van der Waals surface area (Å²) in [6.45, 7) is 9.23. The van der Waals surface area contributed by atoms with E-state index in [0.29, 0.717) is 19.6 Å². The topological polar surface area (TPSA) is 108 Å². The number of hydrogen-bond donors (Lipinski definition) is 2. The Bertz CT molecular complexity index is 717. The number of nitro groups is 1. The second kappa shape index (κ2) is 9.61. The van der Waals surface area contributed by atoms with E-state index in [1.807, 2.05) is 25.7 Å². The van der Waals surface area contributed by atoms with E-state index in [4.69, 9.17) is 0 Å². The van der Waals surface area contributed by atoms with Crippen molar-refractivity contribution in [2.45, 2.75) is 32.7 Å². The number of para-hydroxylation sites is 2. The third-order valence-corrected chi connectivity index (χ3v) is 4.30. The van der Waals surface area contributed by atoms with Crippen LogP contribution in [0.3, 0.4) is 0 Å². The van der Waals surface area contributed by atoms with E-state index in [0.717, 1.165) is 19.5 Å². The highest BCUT2D eigenvalue weighted by molar-refractivity contribution is 5.94. The highest BCUT2D eigenvalue weighted by Crippen LogP contribution is 2.23. The summed E-state index contributed by atoms with van der Waals surface area (Å²) in [5, 5.41) is 16.6. The van der Waals surface area contributed by atoms with Crippen LogP contribution in [0.2, 0.25) is 0 Å². The van der Waals surface area contributed by atoms with Crippen LogP contribution >= 0.6 is 0 Å². The summed E-state index contributed by atoms with van der Waals surface area (Å²) in [5.41, 5.74) is -0.178. The Balaban J connectivity index is 1.84. The molecule has 0 bridgehead atoms. The van der Waals surface area contributed by atoms with Crippen LogP contribution in [0.5, 0.6) is 0 Å². The van der Waals surface area contributed by atoms with Crippen LogP contribution in [0.4, 0.5) is 11.4 Å². The van der Waals surface area contributed by atoms with Crippen molar-refractivity contribution in [2.24, 2.45) is 0 Å². The monoisotopic (exact) mass is 391 g/mol. The number of hydrogen-bond acceptors (Lipinski definition) is 6. The molecule has 1 aliphatic rings. The molecule has 1 aliphatic heterocycles. The van der Waals surface area contributed by atoms with E-state index >= 15 is 0 Å². The van der Waals surface area contributed by atoms with Gasteiger partial charge in [-0.25, -0.2) is 0 Å². The van der Waals surface area contributed by atoms with Gasteiger partial charge in [0, 0.05) is 24.7 Å². The molecule has 0 unspecified atom stereocenters. The van der Waals surface area contributed by atoms with Crippen LogP contribution in [-0.4, -0.2) is 71.3 Å². The molecule has 154 valence electrons. The number of amides is 2. The lowest BCUT2D eigenvalue weighted by Crippen LogP contribution is -2.46. The Kier molecular flexibility index (Phi) is 7.47. The lowest BCUT2D eigenvalue weighted by atomic mass is 10.1. The van der Waals surface area contributed by atoms with Crippen LogP contribution in [0, 0.1) is 10.1 Å². The van der Waals surface area contributed by atoms with Crippen LogP contribution in [0.15, 0.2) is 24.3 Å². The lowest BCUT2D eigenvalue weighted by molar-refractivity contribution is -0.383. The number of carbonyl (C=O) groups excluding carboxylic acids is 2. The van der Waals surface area contributed by atoms with Crippen LogP contribution in [-0.2, 0) is 9.59 Å². The Morgan fingerprint density at radius 3 is 2.18 bits per heavy atom. The van der Waals surface area contributed by atoms with Gasteiger partial charge in [-0.3, -0.25) is 29.5 Å². The Hall–Kier alpha value is -2.52. The van der Waals surface area contributed by atoms with Crippen molar-refractivity contribution in [3.8, 4) is 0 Å². The van der Waals surface area contributed by atoms with Crippen molar-refractivity contribution in [1.29, 1.82) is 0 Å².